The quantitative estimate of drug-likeness (QED) is 0.867. The molecule has 0 atom stereocenters. The normalized spacial score (nSPS) is 10.3. The summed E-state index contributed by atoms with van der Waals surface area (Å²) < 4.78 is 27.1. The Morgan fingerprint density at radius 3 is 1.95 bits per heavy atom. The fourth-order valence-corrected chi connectivity index (χ4v) is 1.93. The van der Waals surface area contributed by atoms with E-state index < -0.39 is 34.5 Å². The topological polar surface area (TPSA) is 54.4 Å². The predicted molar refractivity (Wildman–Crippen MR) is 70.9 cm³/mol. The molecule has 1 N–H and O–H groups in total. The second-order valence-electron chi connectivity index (χ2n) is 3.95. The highest BCUT2D eigenvalue weighted by Crippen LogP contribution is 2.20. The number of carbonyl (C=O) groups excluding carboxylic acids is 1. The summed E-state index contributed by atoms with van der Waals surface area (Å²) in [5, 5.41) is 8.97. The van der Waals surface area contributed by atoms with E-state index in [1.807, 2.05) is 0 Å². The lowest BCUT2D eigenvalue weighted by atomic mass is 9.98. The van der Waals surface area contributed by atoms with Gasteiger partial charge in [-0.15, -0.1) is 0 Å². The molecule has 6 heteroatoms. The second-order valence-corrected chi connectivity index (χ2v) is 4.87. The zero-order valence-electron chi connectivity index (χ0n) is 9.86. The highest BCUT2D eigenvalue weighted by molar-refractivity contribution is 9.10. The highest BCUT2D eigenvalue weighted by Gasteiger charge is 2.21. The van der Waals surface area contributed by atoms with Gasteiger partial charge in [-0.1, -0.05) is 15.9 Å². The Bertz CT molecular complexity index is 696. The molecule has 0 aliphatic heterocycles. The van der Waals surface area contributed by atoms with Crippen LogP contribution in [0.25, 0.3) is 0 Å². The first-order chi connectivity index (χ1) is 9.40. The molecule has 0 unspecified atom stereocenters. The van der Waals surface area contributed by atoms with E-state index in [1.165, 1.54) is 12.1 Å². The Hall–Kier alpha value is -2.08. The molecular formula is C14H7BrF2O3. The first kappa shape index (κ1) is 14.3. The van der Waals surface area contributed by atoms with Gasteiger partial charge in [0.25, 0.3) is 0 Å². The molecule has 0 radical (unpaired) electrons. The molecule has 0 saturated carbocycles. The van der Waals surface area contributed by atoms with E-state index >= 15 is 0 Å². The largest absolute Gasteiger partial charge is 0.478 e. The lowest BCUT2D eigenvalue weighted by Gasteiger charge is -2.06. The number of carboxylic acid groups (broad SMARTS) is 1. The zero-order chi connectivity index (χ0) is 14.9. The van der Waals surface area contributed by atoms with Crippen LogP contribution in [0.5, 0.6) is 0 Å². The van der Waals surface area contributed by atoms with Crippen LogP contribution >= 0.6 is 15.9 Å². The summed E-state index contributed by atoms with van der Waals surface area (Å²) in [7, 11) is 0. The molecule has 2 rings (SSSR count). The summed E-state index contributed by atoms with van der Waals surface area (Å²) in [6, 6.07) is 7.20. The van der Waals surface area contributed by atoms with Crippen LogP contribution in [0.1, 0.15) is 26.3 Å². The Morgan fingerprint density at radius 1 is 0.950 bits per heavy atom. The van der Waals surface area contributed by atoms with Gasteiger partial charge in [0.2, 0.25) is 0 Å². The molecule has 2 aromatic carbocycles. The van der Waals surface area contributed by atoms with Crippen LogP contribution in [0.15, 0.2) is 40.9 Å². The number of benzene rings is 2. The van der Waals surface area contributed by atoms with Gasteiger partial charge in [-0.05, 0) is 36.4 Å². The SMILES string of the molecule is O=C(O)c1cc(F)c(F)cc1C(=O)c1ccc(Br)cc1. The van der Waals surface area contributed by atoms with E-state index in [1.54, 1.807) is 12.1 Å². The van der Waals surface area contributed by atoms with E-state index in [4.69, 9.17) is 5.11 Å². The molecule has 0 spiro atoms. The van der Waals surface area contributed by atoms with E-state index in [0.717, 1.165) is 4.47 Å². The van der Waals surface area contributed by atoms with Crippen LogP contribution < -0.4 is 0 Å². The third-order valence-electron chi connectivity index (χ3n) is 2.64. The van der Waals surface area contributed by atoms with Crippen LogP contribution in [0, 0.1) is 11.6 Å². The van der Waals surface area contributed by atoms with Gasteiger partial charge in [-0.2, -0.15) is 0 Å². The summed E-state index contributed by atoms with van der Waals surface area (Å²) in [6.45, 7) is 0. The average molecular weight is 341 g/mol. The minimum atomic E-state index is -1.50. The smallest absolute Gasteiger partial charge is 0.336 e. The third-order valence-corrected chi connectivity index (χ3v) is 3.17. The Balaban J connectivity index is 2.56. The van der Waals surface area contributed by atoms with Crippen molar-refractivity contribution < 1.29 is 23.5 Å². The minimum absolute atomic E-state index is 0.182. The van der Waals surface area contributed by atoms with E-state index in [-0.39, 0.29) is 5.56 Å². The molecule has 0 heterocycles. The molecule has 2 aromatic rings. The van der Waals surface area contributed by atoms with Crippen molar-refractivity contribution in [3.63, 3.8) is 0 Å². The van der Waals surface area contributed by atoms with Crippen molar-refractivity contribution in [2.75, 3.05) is 0 Å². The van der Waals surface area contributed by atoms with Crippen molar-refractivity contribution in [1.82, 2.24) is 0 Å². The molecule has 102 valence electrons. The fraction of sp³-hybridized carbons (Fsp3) is 0. The summed E-state index contributed by atoms with van der Waals surface area (Å²) in [5.41, 5.74) is -0.780. The molecule has 0 aliphatic rings. The van der Waals surface area contributed by atoms with Gasteiger partial charge < -0.3 is 5.11 Å². The van der Waals surface area contributed by atoms with Crippen molar-refractivity contribution in [3.05, 3.63) is 69.2 Å². The zero-order valence-corrected chi connectivity index (χ0v) is 11.4. The maximum atomic E-state index is 13.2. The first-order valence-electron chi connectivity index (χ1n) is 5.42. The van der Waals surface area contributed by atoms with E-state index in [0.29, 0.717) is 12.1 Å². The summed E-state index contributed by atoms with van der Waals surface area (Å²) >= 11 is 3.19. The number of aromatic carboxylic acids is 1. The maximum Gasteiger partial charge on any atom is 0.336 e. The first-order valence-corrected chi connectivity index (χ1v) is 6.22. The molecular weight excluding hydrogens is 334 g/mol. The van der Waals surface area contributed by atoms with Crippen molar-refractivity contribution in [2.45, 2.75) is 0 Å². The standard InChI is InChI=1S/C14H7BrF2O3/c15-8-3-1-7(2-4-8)13(18)9-5-11(16)12(17)6-10(9)14(19)20/h1-6H,(H,19,20). The molecule has 3 nitrogen and oxygen atoms in total. The molecule has 0 bridgehead atoms. The Morgan fingerprint density at radius 2 is 1.45 bits per heavy atom. The monoisotopic (exact) mass is 340 g/mol. The summed E-state index contributed by atoms with van der Waals surface area (Å²) in [6.07, 6.45) is 0. The van der Waals surface area contributed by atoms with Gasteiger partial charge in [0, 0.05) is 15.6 Å². The molecule has 0 fully saturated rings. The Labute approximate surface area is 121 Å². The van der Waals surface area contributed by atoms with Crippen LogP contribution in [-0.4, -0.2) is 16.9 Å². The highest BCUT2D eigenvalue weighted by atomic mass is 79.9. The molecule has 0 aromatic heterocycles. The lowest BCUT2D eigenvalue weighted by molar-refractivity contribution is 0.0692. The maximum absolute atomic E-state index is 13.2. The number of carboxylic acids is 1. The van der Waals surface area contributed by atoms with Crippen molar-refractivity contribution in [1.29, 1.82) is 0 Å². The van der Waals surface area contributed by atoms with Crippen molar-refractivity contribution >= 4 is 27.7 Å². The van der Waals surface area contributed by atoms with Gasteiger partial charge >= 0.3 is 5.97 Å². The van der Waals surface area contributed by atoms with E-state index in [2.05, 4.69) is 15.9 Å². The molecule has 0 saturated heterocycles. The minimum Gasteiger partial charge on any atom is -0.478 e. The van der Waals surface area contributed by atoms with Crippen LogP contribution in [0.4, 0.5) is 8.78 Å². The second kappa shape index (κ2) is 5.50. The van der Waals surface area contributed by atoms with Crippen molar-refractivity contribution in [2.24, 2.45) is 0 Å². The van der Waals surface area contributed by atoms with Gasteiger partial charge in [-0.25, -0.2) is 13.6 Å². The van der Waals surface area contributed by atoms with Crippen molar-refractivity contribution in [3.8, 4) is 0 Å². The number of carbonyl (C=O) groups is 2. The molecule has 0 amide bonds. The van der Waals surface area contributed by atoms with E-state index in [9.17, 15) is 18.4 Å². The third kappa shape index (κ3) is 2.75. The summed E-state index contributed by atoms with van der Waals surface area (Å²) in [4.78, 5) is 23.2. The van der Waals surface area contributed by atoms with Gasteiger partial charge in [0.1, 0.15) is 0 Å². The van der Waals surface area contributed by atoms with Gasteiger partial charge in [-0.3, -0.25) is 4.79 Å². The summed E-state index contributed by atoms with van der Waals surface area (Å²) in [5.74, 6) is -4.76. The average Bonchev–Trinajstić information content (AvgIpc) is 2.41. The molecule has 20 heavy (non-hydrogen) atoms. The molecule has 0 aliphatic carbocycles. The van der Waals surface area contributed by atoms with Crippen LogP contribution in [0.3, 0.4) is 0 Å². The van der Waals surface area contributed by atoms with Gasteiger partial charge in [0.15, 0.2) is 17.4 Å². The number of hydrogen-bond acceptors (Lipinski definition) is 2. The fourth-order valence-electron chi connectivity index (χ4n) is 1.67. The number of ketones is 1. The lowest BCUT2D eigenvalue weighted by Crippen LogP contribution is -2.11. The van der Waals surface area contributed by atoms with Gasteiger partial charge in [0.05, 0.1) is 5.56 Å². The number of rotatable bonds is 3. The Kier molecular flexibility index (Phi) is 3.94. The van der Waals surface area contributed by atoms with Crippen LogP contribution in [0.2, 0.25) is 0 Å². The number of halogens is 3. The predicted octanol–water partition coefficient (Wildman–Crippen LogP) is 3.66. The number of hydrogen-bond donors (Lipinski definition) is 1. The van der Waals surface area contributed by atoms with Crippen LogP contribution in [-0.2, 0) is 0 Å².